The lowest BCUT2D eigenvalue weighted by molar-refractivity contribution is -0.217. The van der Waals surface area contributed by atoms with Crippen LogP contribution in [-0.4, -0.2) is 74.0 Å². The number of ether oxygens (including phenoxy) is 3. The molecule has 3 saturated carbocycles. The van der Waals surface area contributed by atoms with Crippen LogP contribution in [-0.2, 0) is 16.5 Å². The molecule has 4 N–H and O–H groups in total. The summed E-state index contributed by atoms with van der Waals surface area (Å²) in [6, 6.07) is 2.85. The van der Waals surface area contributed by atoms with Gasteiger partial charge in [0, 0.05) is 25.6 Å². The van der Waals surface area contributed by atoms with Crippen LogP contribution in [0.25, 0.3) is 0 Å². The molecule has 0 spiro atoms. The Hall–Kier alpha value is -3.26. The van der Waals surface area contributed by atoms with Gasteiger partial charge in [-0.25, -0.2) is 13.6 Å². The lowest BCUT2D eigenvalue weighted by atomic mass is 9.46. The molecule has 3 aliphatic carbocycles. The van der Waals surface area contributed by atoms with Gasteiger partial charge < -0.3 is 30.0 Å². The van der Waals surface area contributed by atoms with E-state index in [-0.39, 0.29) is 29.5 Å². The maximum absolute atomic E-state index is 12.5. The van der Waals surface area contributed by atoms with E-state index in [4.69, 9.17) is 14.2 Å². The summed E-state index contributed by atoms with van der Waals surface area (Å²) >= 11 is 0. The van der Waals surface area contributed by atoms with E-state index in [9.17, 15) is 23.5 Å². The fraction of sp³-hybridized carbons (Fsp3) is 0.600. The van der Waals surface area contributed by atoms with Crippen LogP contribution >= 0.6 is 0 Å². The van der Waals surface area contributed by atoms with E-state index >= 15 is 0 Å². The third-order valence-electron chi connectivity index (χ3n) is 6.24. The molecule has 2 amide bonds. The molecule has 4 fully saturated rings. The van der Waals surface area contributed by atoms with Crippen molar-refractivity contribution >= 4 is 17.8 Å². The minimum Gasteiger partial charge on any atom is -0.471 e. The first-order valence-electron chi connectivity index (χ1n) is 10.8. The van der Waals surface area contributed by atoms with Crippen molar-refractivity contribution < 1.29 is 37.7 Å². The zero-order chi connectivity index (χ0) is 24.1. The van der Waals surface area contributed by atoms with Crippen LogP contribution in [0.5, 0.6) is 5.88 Å². The monoisotopic (exact) mass is 482 g/mol. The van der Waals surface area contributed by atoms with Gasteiger partial charge in [-0.2, -0.15) is 5.10 Å². The Labute approximate surface area is 191 Å². The number of alkyl carbamates (subject to hydrolysis) is 1. The van der Waals surface area contributed by atoms with Gasteiger partial charge in [0.1, 0.15) is 17.9 Å². The average molecular weight is 482 g/mol. The number of amides is 2. The maximum atomic E-state index is 12.5. The van der Waals surface area contributed by atoms with E-state index in [0.717, 1.165) is 0 Å². The van der Waals surface area contributed by atoms with Crippen molar-refractivity contribution in [3.8, 4) is 5.88 Å². The fourth-order valence-electron chi connectivity index (χ4n) is 4.78. The van der Waals surface area contributed by atoms with Gasteiger partial charge in [-0.1, -0.05) is 0 Å². The summed E-state index contributed by atoms with van der Waals surface area (Å²) in [6.45, 7) is -0.606. The minimum atomic E-state index is -2.65. The highest BCUT2D eigenvalue weighted by atomic mass is 19.3. The largest absolute Gasteiger partial charge is 0.471 e. The summed E-state index contributed by atoms with van der Waals surface area (Å²) in [5.41, 5.74) is -0.246. The van der Waals surface area contributed by atoms with E-state index in [1.165, 1.54) is 17.8 Å². The first kappa shape index (κ1) is 22.5. The molecule has 12 nitrogen and oxygen atoms in total. The highest BCUT2D eigenvalue weighted by Gasteiger charge is 2.68. The first-order valence-corrected chi connectivity index (χ1v) is 10.8. The number of aromatic amines is 1. The highest BCUT2D eigenvalue weighted by Crippen LogP contribution is 2.60. The number of aromatic nitrogens is 4. The number of halogens is 2. The summed E-state index contributed by atoms with van der Waals surface area (Å²) < 4.78 is 41.8. The van der Waals surface area contributed by atoms with Crippen molar-refractivity contribution in [2.24, 2.45) is 7.05 Å². The van der Waals surface area contributed by atoms with Gasteiger partial charge in [-0.15, -0.1) is 5.10 Å². The van der Waals surface area contributed by atoms with Crippen LogP contribution < -0.4 is 15.4 Å². The van der Waals surface area contributed by atoms with Crippen molar-refractivity contribution in [1.82, 2.24) is 25.3 Å². The second-order valence-electron chi connectivity index (χ2n) is 9.10. The van der Waals surface area contributed by atoms with Crippen LogP contribution in [0.1, 0.15) is 48.0 Å². The van der Waals surface area contributed by atoms with Crippen molar-refractivity contribution in [2.45, 2.75) is 55.5 Å². The van der Waals surface area contributed by atoms with Gasteiger partial charge in [-0.3, -0.25) is 14.6 Å². The predicted molar refractivity (Wildman–Crippen MR) is 109 cm³/mol. The van der Waals surface area contributed by atoms with E-state index in [1.54, 1.807) is 6.07 Å². The van der Waals surface area contributed by atoms with Crippen molar-refractivity contribution in [1.29, 1.82) is 0 Å². The molecule has 2 atom stereocenters. The first-order chi connectivity index (χ1) is 16.1. The maximum Gasteiger partial charge on any atom is 0.407 e. The normalized spacial score (nSPS) is 29.3. The van der Waals surface area contributed by atoms with Crippen LogP contribution in [0.3, 0.4) is 0 Å². The number of hydrogen-bond donors (Lipinski definition) is 4. The quantitative estimate of drug-likeness (QED) is 0.439. The van der Waals surface area contributed by atoms with Gasteiger partial charge in [0.15, 0.2) is 12.4 Å². The number of carbonyl (C=O) groups is 2. The van der Waals surface area contributed by atoms with Gasteiger partial charge in [0.05, 0.1) is 23.4 Å². The molecule has 14 heteroatoms. The summed E-state index contributed by atoms with van der Waals surface area (Å²) in [5, 5.41) is 25.9. The van der Waals surface area contributed by atoms with Crippen LogP contribution in [0.4, 0.5) is 19.4 Å². The molecular weight excluding hydrogens is 458 g/mol. The third kappa shape index (κ3) is 4.42. The Kier molecular flexibility index (Phi) is 5.43. The van der Waals surface area contributed by atoms with Gasteiger partial charge in [0.2, 0.25) is 5.88 Å². The molecule has 184 valence electrons. The molecular formula is C20H24F2N6O6. The van der Waals surface area contributed by atoms with E-state index < -0.39 is 42.8 Å². The molecule has 3 heterocycles. The Bertz CT molecular complexity index is 1080. The van der Waals surface area contributed by atoms with Crippen molar-refractivity contribution in [3.05, 3.63) is 23.5 Å². The number of alkyl halides is 2. The topological polar surface area (TPSA) is 153 Å². The van der Waals surface area contributed by atoms with Gasteiger partial charge >= 0.3 is 6.09 Å². The number of H-pyrrole nitrogens is 1. The Morgan fingerprint density at radius 1 is 1.38 bits per heavy atom. The van der Waals surface area contributed by atoms with Gasteiger partial charge in [-0.05, 0) is 19.3 Å². The van der Waals surface area contributed by atoms with E-state index in [2.05, 4.69) is 25.9 Å². The van der Waals surface area contributed by atoms with Gasteiger partial charge in [0.25, 0.3) is 12.3 Å². The SMILES string of the molecule is Cn1nc(OCC(F)F)cc1C(=O)Nc1cc([C@H]2C[C@@H](OC(=O)NC34CC(O)(C3)C4)CO2)[nH]n1. The van der Waals surface area contributed by atoms with E-state index in [0.29, 0.717) is 31.4 Å². The number of aliphatic hydroxyl groups is 1. The lowest BCUT2D eigenvalue weighted by Gasteiger charge is -2.67. The summed E-state index contributed by atoms with van der Waals surface area (Å²) in [6.07, 6.45) is -1.94. The van der Waals surface area contributed by atoms with Crippen molar-refractivity contribution in [2.75, 3.05) is 18.5 Å². The molecule has 2 aromatic heterocycles. The number of nitrogens with zero attached hydrogens (tertiary/aromatic N) is 3. The average Bonchev–Trinajstić information content (AvgIpc) is 3.44. The second kappa shape index (κ2) is 8.20. The molecule has 6 rings (SSSR count). The molecule has 4 aliphatic rings. The minimum absolute atomic E-state index is 0.0880. The van der Waals surface area contributed by atoms with Crippen molar-refractivity contribution in [3.63, 3.8) is 0 Å². The number of nitrogens with one attached hydrogen (secondary N) is 3. The third-order valence-corrected chi connectivity index (χ3v) is 6.24. The number of carbonyl (C=O) groups excluding carboxylic acids is 2. The fourth-order valence-corrected chi connectivity index (χ4v) is 4.78. The smallest absolute Gasteiger partial charge is 0.407 e. The molecule has 34 heavy (non-hydrogen) atoms. The molecule has 0 aromatic carbocycles. The van der Waals surface area contributed by atoms with E-state index in [1.807, 2.05) is 0 Å². The molecule has 2 aromatic rings. The van der Waals surface area contributed by atoms with Crippen LogP contribution in [0.2, 0.25) is 0 Å². The summed E-state index contributed by atoms with van der Waals surface area (Å²) in [4.78, 5) is 24.7. The summed E-state index contributed by atoms with van der Waals surface area (Å²) in [5.74, 6) is -0.415. The molecule has 0 unspecified atom stereocenters. The van der Waals surface area contributed by atoms with Crippen LogP contribution in [0, 0.1) is 0 Å². The predicted octanol–water partition coefficient (Wildman–Crippen LogP) is 1.26. The number of anilines is 1. The Morgan fingerprint density at radius 2 is 2.15 bits per heavy atom. The number of hydrogen-bond acceptors (Lipinski definition) is 8. The Balaban J connectivity index is 1.11. The number of aryl methyl sites for hydroxylation is 1. The number of rotatable bonds is 8. The zero-order valence-electron chi connectivity index (χ0n) is 18.2. The molecule has 1 aliphatic heterocycles. The molecule has 2 bridgehead atoms. The second-order valence-corrected chi connectivity index (χ2v) is 9.10. The Morgan fingerprint density at radius 3 is 2.85 bits per heavy atom. The lowest BCUT2D eigenvalue weighted by Crippen LogP contribution is -2.78. The zero-order valence-corrected chi connectivity index (χ0v) is 18.2. The highest BCUT2D eigenvalue weighted by molar-refractivity contribution is 6.02. The standard InChI is InChI=1S/C20H24F2N6O6/c1-28-12(4-16(27-28)33-6-14(21)22)17(29)23-15-3-11(25-26-15)13-2-10(5-32-13)34-18(30)24-19-7-20(31,8-19)9-19/h3-4,10,13-14,31H,2,5-9H2,1H3,(H,24,30)(H2,23,25,26,29)/t10-,13-,19?,20?/m1/s1. The summed E-state index contributed by atoms with van der Waals surface area (Å²) in [7, 11) is 1.48. The molecule has 0 radical (unpaired) electrons. The molecule has 1 saturated heterocycles. The van der Waals surface area contributed by atoms with Crippen LogP contribution in [0.15, 0.2) is 12.1 Å².